The smallest absolute Gasteiger partial charge is 0.299 e. The van der Waals surface area contributed by atoms with E-state index in [1.165, 1.54) is 12.8 Å². The van der Waals surface area contributed by atoms with Gasteiger partial charge in [0.05, 0.1) is 17.5 Å². The van der Waals surface area contributed by atoms with Gasteiger partial charge in [-0.2, -0.15) is 4.98 Å². The van der Waals surface area contributed by atoms with Gasteiger partial charge in [0.1, 0.15) is 0 Å². The zero-order chi connectivity index (χ0) is 15.0. The molecule has 0 atom stereocenters. The Labute approximate surface area is 132 Å². The van der Waals surface area contributed by atoms with E-state index in [9.17, 15) is 4.79 Å². The molecule has 0 spiro atoms. The van der Waals surface area contributed by atoms with Crippen molar-refractivity contribution in [1.82, 2.24) is 9.55 Å². The van der Waals surface area contributed by atoms with Gasteiger partial charge in [-0.15, -0.1) is 0 Å². The zero-order valence-electron chi connectivity index (χ0n) is 12.4. The lowest BCUT2D eigenvalue weighted by Crippen LogP contribution is -2.25. The van der Waals surface area contributed by atoms with E-state index in [4.69, 9.17) is 4.74 Å². The molecule has 112 valence electrons. The number of hydrogen-bond donors (Lipinski definition) is 0. The number of hydrogen-bond acceptors (Lipinski definition) is 3. The second kappa shape index (κ2) is 5.44. The second-order valence-electron chi connectivity index (χ2n) is 6.11. The van der Waals surface area contributed by atoms with Crippen LogP contribution in [0.1, 0.15) is 33.1 Å². The lowest BCUT2D eigenvalue weighted by atomic mass is 10.2. The van der Waals surface area contributed by atoms with Gasteiger partial charge in [0, 0.05) is 16.4 Å². The molecule has 1 aliphatic carbocycles. The maximum absolute atomic E-state index is 12.7. The van der Waals surface area contributed by atoms with Gasteiger partial charge in [-0.25, -0.2) is 0 Å². The molecule has 21 heavy (non-hydrogen) atoms. The number of fused-ring (bicyclic) bond motifs is 1. The Balaban J connectivity index is 2.06. The third-order valence-electron chi connectivity index (χ3n) is 3.98. The van der Waals surface area contributed by atoms with E-state index in [2.05, 4.69) is 27.8 Å². The van der Waals surface area contributed by atoms with E-state index < -0.39 is 0 Å². The number of rotatable bonds is 5. The molecule has 1 aromatic carbocycles. The van der Waals surface area contributed by atoms with Crippen molar-refractivity contribution in [2.75, 3.05) is 6.61 Å². The van der Waals surface area contributed by atoms with Crippen LogP contribution >= 0.6 is 15.9 Å². The fourth-order valence-electron chi connectivity index (χ4n) is 2.30. The number of benzene rings is 1. The highest BCUT2D eigenvalue weighted by Crippen LogP contribution is 2.44. The van der Waals surface area contributed by atoms with Gasteiger partial charge in [0.15, 0.2) is 0 Å². The lowest BCUT2D eigenvalue weighted by molar-refractivity contribution is 0.216. The lowest BCUT2D eigenvalue weighted by Gasteiger charge is -2.15. The second-order valence-corrected chi connectivity index (χ2v) is 7.03. The van der Waals surface area contributed by atoms with Crippen LogP contribution in [0.3, 0.4) is 0 Å². The van der Waals surface area contributed by atoms with Crippen molar-refractivity contribution in [3.05, 3.63) is 33.0 Å². The molecule has 0 unspecified atom stereocenters. The summed E-state index contributed by atoms with van der Waals surface area (Å²) in [7, 11) is 0. The van der Waals surface area contributed by atoms with Crippen molar-refractivity contribution in [3.8, 4) is 6.01 Å². The summed E-state index contributed by atoms with van der Waals surface area (Å²) in [6.07, 6.45) is 3.24. The number of halogens is 1. The van der Waals surface area contributed by atoms with Crippen LogP contribution in [0.25, 0.3) is 10.9 Å². The summed E-state index contributed by atoms with van der Waals surface area (Å²) in [6, 6.07) is 6.01. The summed E-state index contributed by atoms with van der Waals surface area (Å²) in [5.41, 5.74) is 0.925. The van der Waals surface area contributed by atoms with Gasteiger partial charge < -0.3 is 4.74 Å². The summed E-state index contributed by atoms with van der Waals surface area (Å²) >= 11 is 3.41. The number of aromatic nitrogens is 2. The highest BCUT2D eigenvalue weighted by atomic mass is 79.9. The topological polar surface area (TPSA) is 44.1 Å². The Kier molecular flexibility index (Phi) is 3.78. The third kappa shape index (κ3) is 2.98. The molecule has 0 radical (unpaired) electrons. The van der Waals surface area contributed by atoms with Gasteiger partial charge in [0.2, 0.25) is 0 Å². The molecule has 0 saturated heterocycles. The molecule has 1 aromatic heterocycles. The average Bonchev–Trinajstić information content (AvgIpc) is 3.19. The van der Waals surface area contributed by atoms with Crippen molar-refractivity contribution in [2.45, 2.75) is 39.7 Å². The molecule has 0 aliphatic heterocycles. The first-order valence-corrected chi connectivity index (χ1v) is 8.15. The standard InChI is InChI=1S/C16H19BrN2O2/c1-3-8-19-14(20)12-9-11(17)4-5-13(12)18-15(19)21-10-16(2)6-7-16/h4-5,9H,3,6-8,10H2,1-2H3. The van der Waals surface area contributed by atoms with Crippen LogP contribution in [0, 0.1) is 5.41 Å². The predicted molar refractivity (Wildman–Crippen MR) is 86.8 cm³/mol. The molecule has 0 bridgehead atoms. The quantitative estimate of drug-likeness (QED) is 0.824. The van der Waals surface area contributed by atoms with Gasteiger partial charge in [-0.3, -0.25) is 9.36 Å². The predicted octanol–water partition coefficient (Wildman–Crippen LogP) is 3.75. The molecule has 0 amide bonds. The minimum atomic E-state index is -0.0286. The van der Waals surface area contributed by atoms with Crippen LogP contribution in [-0.2, 0) is 6.54 Å². The van der Waals surface area contributed by atoms with Gasteiger partial charge >= 0.3 is 0 Å². The SMILES string of the molecule is CCCn1c(OCC2(C)CC2)nc2ccc(Br)cc2c1=O. The fourth-order valence-corrected chi connectivity index (χ4v) is 2.66. The van der Waals surface area contributed by atoms with E-state index >= 15 is 0 Å². The molecule has 4 nitrogen and oxygen atoms in total. The average molecular weight is 351 g/mol. The third-order valence-corrected chi connectivity index (χ3v) is 4.47. The van der Waals surface area contributed by atoms with Crippen LogP contribution in [-0.4, -0.2) is 16.2 Å². The first-order valence-electron chi connectivity index (χ1n) is 7.35. The van der Waals surface area contributed by atoms with Crippen molar-refractivity contribution >= 4 is 26.8 Å². The first kappa shape index (κ1) is 14.6. The van der Waals surface area contributed by atoms with Crippen molar-refractivity contribution in [3.63, 3.8) is 0 Å². The normalized spacial score (nSPS) is 16.1. The molecule has 3 rings (SSSR count). The van der Waals surface area contributed by atoms with E-state index in [0.29, 0.717) is 30.1 Å². The summed E-state index contributed by atoms with van der Waals surface area (Å²) in [5, 5.41) is 0.628. The minimum absolute atomic E-state index is 0.0286. The maximum Gasteiger partial charge on any atom is 0.299 e. The van der Waals surface area contributed by atoms with Gasteiger partial charge in [-0.1, -0.05) is 29.8 Å². The van der Waals surface area contributed by atoms with Crippen LogP contribution in [0.15, 0.2) is 27.5 Å². The summed E-state index contributed by atoms with van der Waals surface area (Å²) in [5.74, 6) is 0. The maximum atomic E-state index is 12.7. The van der Waals surface area contributed by atoms with Crippen molar-refractivity contribution in [1.29, 1.82) is 0 Å². The molecule has 1 heterocycles. The summed E-state index contributed by atoms with van der Waals surface area (Å²) < 4.78 is 8.41. The fraction of sp³-hybridized carbons (Fsp3) is 0.500. The Morgan fingerprint density at radius 3 is 2.86 bits per heavy atom. The summed E-state index contributed by atoms with van der Waals surface area (Å²) in [4.78, 5) is 17.2. The Morgan fingerprint density at radius 2 is 2.19 bits per heavy atom. The van der Waals surface area contributed by atoms with E-state index in [0.717, 1.165) is 10.9 Å². The zero-order valence-corrected chi connectivity index (χ0v) is 13.9. The molecule has 1 aliphatic rings. The molecular weight excluding hydrogens is 332 g/mol. The highest BCUT2D eigenvalue weighted by molar-refractivity contribution is 9.10. The summed E-state index contributed by atoms with van der Waals surface area (Å²) in [6.45, 7) is 5.50. The Hall–Kier alpha value is -1.36. The number of nitrogens with zero attached hydrogens (tertiary/aromatic N) is 2. The monoisotopic (exact) mass is 350 g/mol. The van der Waals surface area contributed by atoms with E-state index in [1.54, 1.807) is 4.57 Å². The first-order chi connectivity index (χ1) is 10.0. The van der Waals surface area contributed by atoms with Crippen molar-refractivity contribution < 1.29 is 4.74 Å². The molecule has 1 saturated carbocycles. The molecule has 1 fully saturated rings. The molecular formula is C16H19BrN2O2. The van der Waals surface area contributed by atoms with E-state index in [1.807, 2.05) is 25.1 Å². The van der Waals surface area contributed by atoms with Crippen LogP contribution < -0.4 is 10.3 Å². The van der Waals surface area contributed by atoms with E-state index in [-0.39, 0.29) is 11.0 Å². The van der Waals surface area contributed by atoms with Gasteiger partial charge in [0.25, 0.3) is 11.6 Å². The Bertz CT molecular complexity index is 735. The van der Waals surface area contributed by atoms with Crippen LogP contribution in [0.2, 0.25) is 0 Å². The minimum Gasteiger partial charge on any atom is -0.464 e. The largest absolute Gasteiger partial charge is 0.464 e. The number of ether oxygens (including phenoxy) is 1. The van der Waals surface area contributed by atoms with Crippen LogP contribution in [0.4, 0.5) is 0 Å². The Morgan fingerprint density at radius 1 is 1.43 bits per heavy atom. The van der Waals surface area contributed by atoms with Crippen molar-refractivity contribution in [2.24, 2.45) is 5.41 Å². The molecule has 5 heteroatoms. The van der Waals surface area contributed by atoms with Crippen LogP contribution in [0.5, 0.6) is 6.01 Å². The molecule has 2 aromatic rings. The van der Waals surface area contributed by atoms with Gasteiger partial charge in [-0.05, 0) is 37.5 Å². The highest BCUT2D eigenvalue weighted by Gasteiger charge is 2.38. The molecule has 0 N–H and O–H groups in total.